The maximum Gasteiger partial charge on any atom is 0.235 e. The van der Waals surface area contributed by atoms with Gasteiger partial charge in [-0.3, -0.25) is 4.72 Å². The molecule has 6 heteroatoms. The maximum absolute atomic E-state index is 12.3. The van der Waals surface area contributed by atoms with Gasteiger partial charge in [0.05, 0.1) is 10.9 Å². The summed E-state index contributed by atoms with van der Waals surface area (Å²) >= 11 is 3.38. The topological polar surface area (TPSA) is 72.2 Å². The number of hydrogen-bond donors (Lipinski definition) is 2. The van der Waals surface area contributed by atoms with Crippen LogP contribution in [0.5, 0.6) is 0 Å². The predicted molar refractivity (Wildman–Crippen MR) is 82.7 cm³/mol. The molecule has 19 heavy (non-hydrogen) atoms. The number of nitrogens with two attached hydrogens (primary N) is 1. The Morgan fingerprint density at radius 3 is 2.53 bits per heavy atom. The highest BCUT2D eigenvalue weighted by atomic mass is 79.9. The minimum Gasteiger partial charge on any atom is -0.398 e. The van der Waals surface area contributed by atoms with Gasteiger partial charge in [0.2, 0.25) is 10.0 Å². The second kappa shape index (κ2) is 5.71. The van der Waals surface area contributed by atoms with Crippen molar-refractivity contribution in [1.82, 2.24) is 0 Å². The van der Waals surface area contributed by atoms with E-state index in [-0.39, 0.29) is 5.25 Å². The Morgan fingerprint density at radius 1 is 1.26 bits per heavy atom. The quantitative estimate of drug-likeness (QED) is 0.823. The SMILES string of the molecule is Cc1cc(Br)c(NS(=O)(=O)C2CCCCC2)cc1N. The molecular formula is C13H19BrN2O2S. The van der Waals surface area contributed by atoms with Crippen molar-refractivity contribution < 1.29 is 8.42 Å². The molecule has 0 atom stereocenters. The highest BCUT2D eigenvalue weighted by molar-refractivity contribution is 9.10. The Hall–Kier alpha value is -0.750. The van der Waals surface area contributed by atoms with Crippen LogP contribution in [0.15, 0.2) is 16.6 Å². The van der Waals surface area contributed by atoms with Crippen molar-refractivity contribution in [2.75, 3.05) is 10.5 Å². The van der Waals surface area contributed by atoms with Crippen molar-refractivity contribution >= 4 is 37.3 Å². The molecule has 106 valence electrons. The van der Waals surface area contributed by atoms with Gasteiger partial charge in [-0.05, 0) is 53.4 Å². The molecule has 0 amide bonds. The van der Waals surface area contributed by atoms with Gasteiger partial charge < -0.3 is 5.73 Å². The maximum atomic E-state index is 12.3. The van der Waals surface area contributed by atoms with Crippen LogP contribution in [0.1, 0.15) is 37.7 Å². The van der Waals surface area contributed by atoms with Crippen molar-refractivity contribution in [2.45, 2.75) is 44.3 Å². The Labute approximate surface area is 122 Å². The minimum atomic E-state index is -3.32. The standard InChI is InChI=1S/C13H19BrN2O2S/c1-9-7-11(14)13(8-12(9)15)16-19(17,18)10-5-3-2-4-6-10/h7-8,10,16H,2-6,15H2,1H3. The number of nitrogen functional groups attached to an aromatic ring is 1. The van der Waals surface area contributed by atoms with Crippen LogP contribution < -0.4 is 10.5 Å². The van der Waals surface area contributed by atoms with Crippen molar-refractivity contribution in [3.63, 3.8) is 0 Å². The fourth-order valence-corrected chi connectivity index (χ4v) is 4.66. The molecule has 0 aromatic heterocycles. The Morgan fingerprint density at radius 2 is 1.89 bits per heavy atom. The summed E-state index contributed by atoms with van der Waals surface area (Å²) in [5.74, 6) is 0. The van der Waals surface area contributed by atoms with Gasteiger partial charge >= 0.3 is 0 Å². The molecule has 1 aliphatic rings. The van der Waals surface area contributed by atoms with Crippen molar-refractivity contribution in [2.24, 2.45) is 0 Å². The Balaban J connectivity index is 2.22. The molecule has 0 radical (unpaired) electrons. The summed E-state index contributed by atoms with van der Waals surface area (Å²) in [7, 11) is -3.32. The highest BCUT2D eigenvalue weighted by Gasteiger charge is 2.27. The van der Waals surface area contributed by atoms with Crippen LogP contribution in [0.2, 0.25) is 0 Å². The van der Waals surface area contributed by atoms with E-state index >= 15 is 0 Å². The number of aryl methyl sites for hydroxylation is 1. The normalized spacial score (nSPS) is 17.4. The summed E-state index contributed by atoms with van der Waals surface area (Å²) in [6.07, 6.45) is 4.60. The number of sulfonamides is 1. The molecule has 2 rings (SSSR count). The van der Waals surface area contributed by atoms with Gasteiger partial charge in [-0.25, -0.2) is 8.42 Å². The van der Waals surface area contributed by atoms with Gasteiger partial charge in [0.15, 0.2) is 0 Å². The molecule has 1 aliphatic carbocycles. The summed E-state index contributed by atoms with van der Waals surface area (Å²) in [5.41, 5.74) is 7.86. The zero-order chi connectivity index (χ0) is 14.0. The van der Waals surface area contributed by atoms with Crippen molar-refractivity contribution in [1.29, 1.82) is 0 Å². The number of hydrogen-bond acceptors (Lipinski definition) is 3. The molecule has 3 N–H and O–H groups in total. The predicted octanol–water partition coefficient (Wildman–Crippen LogP) is 3.41. The van der Waals surface area contributed by atoms with Gasteiger partial charge in [0, 0.05) is 10.2 Å². The number of anilines is 2. The molecule has 1 aromatic carbocycles. The molecule has 0 unspecified atom stereocenters. The third kappa shape index (κ3) is 3.42. The average Bonchev–Trinajstić information content (AvgIpc) is 2.37. The first-order chi connectivity index (χ1) is 8.90. The molecular weight excluding hydrogens is 328 g/mol. The first-order valence-corrected chi connectivity index (χ1v) is 8.81. The lowest BCUT2D eigenvalue weighted by molar-refractivity contribution is 0.486. The number of benzene rings is 1. The van der Waals surface area contributed by atoms with Crippen LogP contribution >= 0.6 is 15.9 Å². The summed E-state index contributed by atoms with van der Waals surface area (Å²) < 4.78 is 28.1. The Kier molecular flexibility index (Phi) is 4.40. The van der Waals surface area contributed by atoms with Gasteiger partial charge in [-0.2, -0.15) is 0 Å². The van der Waals surface area contributed by atoms with E-state index in [1.54, 1.807) is 6.07 Å². The third-order valence-electron chi connectivity index (χ3n) is 3.60. The number of rotatable bonds is 3. The first kappa shape index (κ1) is 14.7. The van der Waals surface area contributed by atoms with E-state index in [1.165, 1.54) is 0 Å². The zero-order valence-corrected chi connectivity index (χ0v) is 13.4. The molecule has 0 spiro atoms. The first-order valence-electron chi connectivity index (χ1n) is 6.47. The Bertz CT molecular complexity index is 566. The fraction of sp³-hybridized carbons (Fsp3) is 0.538. The van der Waals surface area contributed by atoms with E-state index in [0.29, 0.717) is 11.4 Å². The number of halogens is 1. The van der Waals surface area contributed by atoms with Crippen molar-refractivity contribution in [3.8, 4) is 0 Å². The lowest BCUT2D eigenvalue weighted by Crippen LogP contribution is -2.29. The van der Waals surface area contributed by atoms with E-state index in [1.807, 2.05) is 13.0 Å². The molecule has 1 aromatic rings. The fourth-order valence-electron chi connectivity index (χ4n) is 2.38. The number of nitrogens with one attached hydrogen (secondary N) is 1. The van der Waals surface area contributed by atoms with Crippen LogP contribution in [0, 0.1) is 6.92 Å². The van der Waals surface area contributed by atoms with E-state index in [2.05, 4.69) is 20.7 Å². The summed E-state index contributed by atoms with van der Waals surface area (Å²) in [5, 5.41) is -0.282. The van der Waals surface area contributed by atoms with Crippen LogP contribution in [0.25, 0.3) is 0 Å². The molecule has 0 aliphatic heterocycles. The second-order valence-corrected chi connectivity index (χ2v) is 7.91. The van der Waals surface area contributed by atoms with Crippen LogP contribution in [0.4, 0.5) is 11.4 Å². The second-order valence-electron chi connectivity index (χ2n) is 5.10. The van der Waals surface area contributed by atoms with E-state index < -0.39 is 10.0 Å². The lowest BCUT2D eigenvalue weighted by Gasteiger charge is -2.23. The van der Waals surface area contributed by atoms with E-state index in [0.717, 1.165) is 42.1 Å². The molecule has 1 saturated carbocycles. The van der Waals surface area contributed by atoms with Gasteiger partial charge in [0.25, 0.3) is 0 Å². The summed E-state index contributed by atoms with van der Waals surface area (Å²) in [6, 6.07) is 3.49. The largest absolute Gasteiger partial charge is 0.398 e. The molecule has 0 saturated heterocycles. The average molecular weight is 347 g/mol. The van der Waals surface area contributed by atoms with Gasteiger partial charge in [0.1, 0.15) is 0 Å². The molecule has 0 bridgehead atoms. The third-order valence-corrected chi connectivity index (χ3v) is 6.11. The lowest BCUT2D eigenvalue weighted by atomic mass is 10.0. The zero-order valence-electron chi connectivity index (χ0n) is 10.9. The van der Waals surface area contributed by atoms with Crippen LogP contribution in [-0.4, -0.2) is 13.7 Å². The smallest absolute Gasteiger partial charge is 0.235 e. The van der Waals surface area contributed by atoms with E-state index in [9.17, 15) is 8.42 Å². The molecule has 0 heterocycles. The molecule has 4 nitrogen and oxygen atoms in total. The highest BCUT2D eigenvalue weighted by Crippen LogP contribution is 2.31. The minimum absolute atomic E-state index is 0.282. The summed E-state index contributed by atoms with van der Waals surface area (Å²) in [6.45, 7) is 1.89. The summed E-state index contributed by atoms with van der Waals surface area (Å²) in [4.78, 5) is 0. The van der Waals surface area contributed by atoms with Crippen molar-refractivity contribution in [3.05, 3.63) is 22.2 Å². The van der Waals surface area contributed by atoms with Gasteiger partial charge in [-0.1, -0.05) is 19.3 Å². The monoisotopic (exact) mass is 346 g/mol. The van der Waals surface area contributed by atoms with Gasteiger partial charge in [-0.15, -0.1) is 0 Å². The van der Waals surface area contributed by atoms with Crippen LogP contribution in [-0.2, 0) is 10.0 Å². The van der Waals surface area contributed by atoms with Crippen LogP contribution in [0.3, 0.4) is 0 Å². The van der Waals surface area contributed by atoms with E-state index in [4.69, 9.17) is 5.73 Å². The molecule has 1 fully saturated rings.